The van der Waals surface area contributed by atoms with Crippen LogP contribution in [0.2, 0.25) is 6.82 Å². The molecule has 0 amide bonds. The molecular formula is C7H16BNO2. The summed E-state index contributed by atoms with van der Waals surface area (Å²) >= 11 is 0. The highest BCUT2D eigenvalue weighted by Gasteiger charge is 2.20. The number of hydrogen-bond acceptors (Lipinski definition) is 3. The number of hydrogen-bond donors (Lipinski definition) is 3. The van der Waals surface area contributed by atoms with Crippen LogP contribution in [0, 0.1) is 0 Å². The summed E-state index contributed by atoms with van der Waals surface area (Å²) in [5.41, 5.74) is 0. The van der Waals surface area contributed by atoms with Crippen molar-refractivity contribution in [3.63, 3.8) is 0 Å². The second-order valence-corrected chi connectivity index (χ2v) is 3.35. The minimum atomic E-state index is -0.421. The Labute approximate surface area is 67.9 Å². The maximum Gasteiger partial charge on any atom is 0.373 e. The van der Waals surface area contributed by atoms with Crippen LogP contribution >= 0.6 is 0 Å². The van der Waals surface area contributed by atoms with Crippen molar-refractivity contribution in [1.29, 1.82) is 0 Å². The number of nitrogens with one attached hydrogen (secondary N) is 1. The predicted molar refractivity (Wildman–Crippen MR) is 45.2 cm³/mol. The first-order valence-electron chi connectivity index (χ1n) is 4.30. The summed E-state index contributed by atoms with van der Waals surface area (Å²) in [4.78, 5) is 0. The molecule has 1 aliphatic rings. The topological polar surface area (TPSA) is 52.5 Å². The van der Waals surface area contributed by atoms with Gasteiger partial charge in [-0.05, 0) is 38.5 Å². The molecule has 3 N–H and O–H groups in total. The molecule has 0 saturated heterocycles. The third kappa shape index (κ3) is 3.23. The van der Waals surface area contributed by atoms with Crippen molar-refractivity contribution in [2.24, 2.45) is 0 Å². The number of aliphatic hydroxyl groups is 1. The number of rotatable bonds is 2. The molecule has 4 heteroatoms. The van der Waals surface area contributed by atoms with Gasteiger partial charge < -0.3 is 15.4 Å². The molecule has 1 saturated carbocycles. The first-order valence-corrected chi connectivity index (χ1v) is 4.30. The van der Waals surface area contributed by atoms with Gasteiger partial charge in [0.25, 0.3) is 0 Å². The van der Waals surface area contributed by atoms with E-state index in [1.807, 2.05) is 0 Å². The second kappa shape index (κ2) is 4.09. The lowest BCUT2D eigenvalue weighted by Gasteiger charge is -2.26. The van der Waals surface area contributed by atoms with Crippen LogP contribution in [0.5, 0.6) is 0 Å². The largest absolute Gasteiger partial charge is 0.437 e. The average Bonchev–Trinajstić information content (AvgIpc) is 1.93. The summed E-state index contributed by atoms with van der Waals surface area (Å²) in [5, 5.41) is 21.2. The fourth-order valence-electron chi connectivity index (χ4n) is 1.58. The highest BCUT2D eigenvalue weighted by Crippen LogP contribution is 2.17. The third-order valence-corrected chi connectivity index (χ3v) is 2.17. The van der Waals surface area contributed by atoms with Gasteiger partial charge in [0, 0.05) is 0 Å². The summed E-state index contributed by atoms with van der Waals surface area (Å²) in [6.45, 7) is 1.73. The fraction of sp³-hybridized carbons (Fsp3) is 1.00. The third-order valence-electron chi connectivity index (χ3n) is 2.17. The molecule has 0 bridgehead atoms. The molecule has 0 atom stereocenters. The van der Waals surface area contributed by atoms with Gasteiger partial charge in [0.05, 0.1) is 6.10 Å². The summed E-state index contributed by atoms with van der Waals surface area (Å²) < 4.78 is 0. The molecule has 1 aliphatic carbocycles. The van der Waals surface area contributed by atoms with Crippen molar-refractivity contribution in [1.82, 2.24) is 5.23 Å². The Balaban J connectivity index is 2.17. The summed E-state index contributed by atoms with van der Waals surface area (Å²) in [5.74, 6) is 0. The zero-order chi connectivity index (χ0) is 8.27. The van der Waals surface area contributed by atoms with Gasteiger partial charge in [-0.15, -0.1) is 0 Å². The van der Waals surface area contributed by atoms with Crippen LogP contribution in [0.1, 0.15) is 25.7 Å². The molecule has 0 radical (unpaired) electrons. The maximum atomic E-state index is 9.17. The van der Waals surface area contributed by atoms with Crippen molar-refractivity contribution >= 4 is 7.05 Å². The van der Waals surface area contributed by atoms with Crippen LogP contribution in [0.25, 0.3) is 0 Å². The molecule has 0 aromatic rings. The molecule has 0 aromatic heterocycles. The van der Waals surface area contributed by atoms with Crippen LogP contribution in [-0.4, -0.2) is 29.3 Å². The zero-order valence-corrected chi connectivity index (χ0v) is 6.95. The van der Waals surface area contributed by atoms with E-state index in [4.69, 9.17) is 5.02 Å². The van der Waals surface area contributed by atoms with Crippen molar-refractivity contribution in [3.8, 4) is 0 Å². The molecule has 3 nitrogen and oxygen atoms in total. The average molecular weight is 157 g/mol. The van der Waals surface area contributed by atoms with E-state index in [0.29, 0.717) is 6.04 Å². The van der Waals surface area contributed by atoms with Gasteiger partial charge in [0.1, 0.15) is 0 Å². The van der Waals surface area contributed by atoms with Crippen molar-refractivity contribution in [3.05, 3.63) is 0 Å². The molecule has 1 fully saturated rings. The van der Waals surface area contributed by atoms with Crippen molar-refractivity contribution < 1.29 is 10.1 Å². The van der Waals surface area contributed by atoms with Gasteiger partial charge in [0.15, 0.2) is 0 Å². The molecule has 0 aromatic carbocycles. The van der Waals surface area contributed by atoms with E-state index in [-0.39, 0.29) is 6.10 Å². The van der Waals surface area contributed by atoms with Crippen LogP contribution in [0.15, 0.2) is 0 Å². The van der Waals surface area contributed by atoms with E-state index < -0.39 is 7.05 Å². The Morgan fingerprint density at radius 1 is 1.27 bits per heavy atom. The van der Waals surface area contributed by atoms with Gasteiger partial charge in [-0.3, -0.25) is 0 Å². The zero-order valence-electron chi connectivity index (χ0n) is 6.95. The molecular weight excluding hydrogens is 141 g/mol. The minimum absolute atomic E-state index is 0.109. The lowest BCUT2D eigenvalue weighted by Crippen LogP contribution is -2.42. The monoisotopic (exact) mass is 157 g/mol. The smallest absolute Gasteiger partial charge is 0.373 e. The normalized spacial score (nSPS) is 31.9. The Morgan fingerprint density at radius 3 is 2.27 bits per heavy atom. The van der Waals surface area contributed by atoms with E-state index in [0.717, 1.165) is 25.7 Å². The Bertz CT molecular complexity index is 113. The van der Waals surface area contributed by atoms with Crippen molar-refractivity contribution in [2.75, 3.05) is 0 Å². The second-order valence-electron chi connectivity index (χ2n) is 3.35. The molecule has 11 heavy (non-hydrogen) atoms. The van der Waals surface area contributed by atoms with E-state index in [1.165, 1.54) is 0 Å². The summed E-state index contributed by atoms with van der Waals surface area (Å²) in [7, 11) is -0.421. The van der Waals surface area contributed by atoms with Gasteiger partial charge >= 0.3 is 7.05 Å². The van der Waals surface area contributed by atoms with E-state index in [2.05, 4.69) is 5.23 Å². The lowest BCUT2D eigenvalue weighted by molar-refractivity contribution is 0.120. The SMILES string of the molecule is CB(O)N[C@H]1CC[C@@H](O)CC1. The Hall–Kier alpha value is -0.0551. The molecule has 0 heterocycles. The van der Waals surface area contributed by atoms with E-state index >= 15 is 0 Å². The molecule has 1 rings (SSSR count). The van der Waals surface area contributed by atoms with E-state index in [9.17, 15) is 5.11 Å². The Kier molecular flexibility index (Phi) is 3.36. The van der Waals surface area contributed by atoms with Crippen molar-refractivity contribution in [2.45, 2.75) is 44.7 Å². The number of aliphatic hydroxyl groups excluding tert-OH is 1. The van der Waals surface area contributed by atoms with Crippen LogP contribution in [0.3, 0.4) is 0 Å². The molecule has 0 unspecified atom stereocenters. The Morgan fingerprint density at radius 2 is 1.82 bits per heavy atom. The highest BCUT2D eigenvalue weighted by atomic mass is 16.3. The first kappa shape index (κ1) is 9.04. The molecule has 0 spiro atoms. The van der Waals surface area contributed by atoms with Crippen LogP contribution < -0.4 is 5.23 Å². The van der Waals surface area contributed by atoms with E-state index in [1.54, 1.807) is 6.82 Å². The fourth-order valence-corrected chi connectivity index (χ4v) is 1.58. The molecule has 0 aliphatic heterocycles. The quantitative estimate of drug-likeness (QED) is 0.494. The summed E-state index contributed by atoms with van der Waals surface area (Å²) in [6, 6.07) is 0.401. The predicted octanol–water partition coefficient (Wildman–Crippen LogP) is -0.0102. The molecule has 64 valence electrons. The van der Waals surface area contributed by atoms with Gasteiger partial charge in [0.2, 0.25) is 0 Å². The first-order chi connectivity index (χ1) is 5.18. The van der Waals surface area contributed by atoms with Gasteiger partial charge in [-0.2, -0.15) is 0 Å². The highest BCUT2D eigenvalue weighted by molar-refractivity contribution is 6.45. The van der Waals surface area contributed by atoms with Crippen LogP contribution in [0.4, 0.5) is 0 Å². The minimum Gasteiger partial charge on any atom is -0.437 e. The summed E-state index contributed by atoms with van der Waals surface area (Å²) in [6.07, 6.45) is 3.58. The van der Waals surface area contributed by atoms with Crippen LogP contribution in [-0.2, 0) is 0 Å². The van der Waals surface area contributed by atoms with Gasteiger partial charge in [-0.1, -0.05) is 0 Å². The standard InChI is InChI=1S/C7H16BNO2/c1-8(11)9-6-2-4-7(10)5-3-6/h6-7,9-11H,2-5H2,1H3/t6-,7+. The maximum absolute atomic E-state index is 9.17. The van der Waals surface area contributed by atoms with Gasteiger partial charge in [-0.25, -0.2) is 0 Å². The lowest BCUT2D eigenvalue weighted by atomic mass is 9.83.